The molecule has 26 heavy (non-hydrogen) atoms. The fourth-order valence-electron chi connectivity index (χ4n) is 2.53. The smallest absolute Gasteiger partial charge is 0.311 e. The topological polar surface area (TPSA) is 97.2 Å². The third-order valence-corrected chi connectivity index (χ3v) is 3.62. The number of pyridine rings is 1. The SMILES string of the molecule is CC(=O)Nc1cccc(-c2cccc(Nc3ncccc3[N+](=O)[O-])c2)c1. The highest BCUT2D eigenvalue weighted by atomic mass is 16.6. The maximum absolute atomic E-state index is 11.2. The number of carbonyl (C=O) groups is 1. The maximum Gasteiger partial charge on any atom is 0.311 e. The molecule has 1 aromatic heterocycles. The van der Waals surface area contributed by atoms with Gasteiger partial charge in [-0.25, -0.2) is 4.98 Å². The first-order chi connectivity index (χ1) is 12.5. The molecule has 0 radical (unpaired) electrons. The van der Waals surface area contributed by atoms with Crippen molar-refractivity contribution in [1.29, 1.82) is 0 Å². The Bertz CT molecular complexity index is 972. The van der Waals surface area contributed by atoms with Crippen molar-refractivity contribution in [1.82, 2.24) is 4.98 Å². The Labute approximate surface area is 149 Å². The van der Waals surface area contributed by atoms with E-state index in [1.54, 1.807) is 6.07 Å². The minimum Gasteiger partial charge on any atom is -0.334 e. The molecule has 0 unspecified atom stereocenters. The number of nitrogens with zero attached hydrogens (tertiary/aromatic N) is 2. The van der Waals surface area contributed by atoms with Crippen molar-refractivity contribution in [3.8, 4) is 11.1 Å². The molecule has 1 heterocycles. The molecule has 0 bridgehead atoms. The highest BCUT2D eigenvalue weighted by Gasteiger charge is 2.14. The van der Waals surface area contributed by atoms with Gasteiger partial charge in [-0.1, -0.05) is 24.3 Å². The molecule has 7 nitrogen and oxygen atoms in total. The predicted molar refractivity (Wildman–Crippen MR) is 100 cm³/mol. The Balaban J connectivity index is 1.90. The van der Waals surface area contributed by atoms with E-state index in [-0.39, 0.29) is 17.4 Å². The van der Waals surface area contributed by atoms with Gasteiger partial charge in [-0.2, -0.15) is 0 Å². The Morgan fingerprint density at radius 2 is 1.65 bits per heavy atom. The van der Waals surface area contributed by atoms with Gasteiger partial charge in [-0.05, 0) is 41.5 Å². The fraction of sp³-hybridized carbons (Fsp3) is 0.0526. The molecular formula is C19H16N4O3. The second-order valence-electron chi connectivity index (χ2n) is 5.60. The predicted octanol–water partition coefficient (Wildman–Crippen LogP) is 4.36. The van der Waals surface area contributed by atoms with Gasteiger partial charge in [0.1, 0.15) is 0 Å². The molecule has 1 amide bonds. The van der Waals surface area contributed by atoms with Gasteiger partial charge in [0.05, 0.1) is 4.92 Å². The molecule has 130 valence electrons. The lowest BCUT2D eigenvalue weighted by Gasteiger charge is -2.09. The summed E-state index contributed by atoms with van der Waals surface area (Å²) in [6, 6.07) is 17.8. The number of nitrogens with one attached hydrogen (secondary N) is 2. The lowest BCUT2D eigenvalue weighted by Crippen LogP contribution is -2.05. The largest absolute Gasteiger partial charge is 0.334 e. The van der Waals surface area contributed by atoms with Crippen LogP contribution in [0, 0.1) is 10.1 Å². The molecule has 0 aliphatic rings. The molecule has 0 saturated heterocycles. The third-order valence-electron chi connectivity index (χ3n) is 3.62. The van der Waals surface area contributed by atoms with Crippen LogP contribution in [0.3, 0.4) is 0 Å². The Kier molecular flexibility index (Phi) is 4.89. The number of hydrogen-bond donors (Lipinski definition) is 2. The van der Waals surface area contributed by atoms with Crippen molar-refractivity contribution in [2.24, 2.45) is 0 Å². The van der Waals surface area contributed by atoms with Crippen molar-refractivity contribution in [3.05, 3.63) is 77.0 Å². The van der Waals surface area contributed by atoms with Crippen molar-refractivity contribution in [2.45, 2.75) is 6.92 Å². The minimum absolute atomic E-state index is 0.0921. The Morgan fingerprint density at radius 1 is 1.00 bits per heavy atom. The molecule has 0 aliphatic heterocycles. The minimum atomic E-state index is -0.476. The highest BCUT2D eigenvalue weighted by molar-refractivity contribution is 5.89. The standard InChI is InChI=1S/C19H16N4O3/c1-13(24)21-16-7-2-5-14(11-16)15-6-3-8-17(12-15)22-19-18(23(25)26)9-4-10-20-19/h2-12H,1H3,(H,20,22)(H,21,24). The van der Waals surface area contributed by atoms with Crippen molar-refractivity contribution >= 4 is 28.8 Å². The number of rotatable bonds is 5. The van der Waals surface area contributed by atoms with E-state index in [1.807, 2.05) is 42.5 Å². The van der Waals surface area contributed by atoms with Crippen LogP contribution in [-0.2, 0) is 4.79 Å². The summed E-state index contributed by atoms with van der Waals surface area (Å²) in [7, 11) is 0. The van der Waals surface area contributed by atoms with E-state index >= 15 is 0 Å². The zero-order valence-corrected chi connectivity index (χ0v) is 14.0. The summed E-state index contributed by atoms with van der Waals surface area (Å²) >= 11 is 0. The van der Waals surface area contributed by atoms with Gasteiger partial charge in [0.15, 0.2) is 0 Å². The van der Waals surface area contributed by atoms with Crippen molar-refractivity contribution in [3.63, 3.8) is 0 Å². The molecule has 3 rings (SSSR count). The first kappa shape index (κ1) is 17.1. The number of amides is 1. The normalized spacial score (nSPS) is 10.2. The zero-order valence-electron chi connectivity index (χ0n) is 14.0. The van der Waals surface area contributed by atoms with Crippen LogP contribution in [0.25, 0.3) is 11.1 Å². The highest BCUT2D eigenvalue weighted by Crippen LogP contribution is 2.28. The Hall–Kier alpha value is -3.74. The fourth-order valence-corrected chi connectivity index (χ4v) is 2.53. The van der Waals surface area contributed by atoms with E-state index in [0.29, 0.717) is 11.4 Å². The van der Waals surface area contributed by atoms with Gasteiger partial charge in [0.2, 0.25) is 11.7 Å². The van der Waals surface area contributed by atoms with E-state index in [2.05, 4.69) is 15.6 Å². The number of hydrogen-bond acceptors (Lipinski definition) is 5. The summed E-state index contributed by atoms with van der Waals surface area (Å²) in [5.74, 6) is 0.0432. The number of aromatic nitrogens is 1. The molecule has 0 fully saturated rings. The van der Waals surface area contributed by atoms with Crippen LogP contribution in [0.1, 0.15) is 6.92 Å². The van der Waals surface area contributed by atoms with Gasteiger partial charge in [0.25, 0.3) is 0 Å². The van der Waals surface area contributed by atoms with Crippen LogP contribution in [0.2, 0.25) is 0 Å². The number of nitro groups is 1. The summed E-state index contributed by atoms with van der Waals surface area (Å²) < 4.78 is 0. The van der Waals surface area contributed by atoms with Crippen LogP contribution in [-0.4, -0.2) is 15.8 Å². The van der Waals surface area contributed by atoms with Crippen LogP contribution < -0.4 is 10.6 Å². The monoisotopic (exact) mass is 348 g/mol. The summed E-state index contributed by atoms with van der Waals surface area (Å²) in [5, 5.41) is 16.9. The van der Waals surface area contributed by atoms with Crippen LogP contribution in [0.15, 0.2) is 66.9 Å². The third kappa shape index (κ3) is 4.02. The first-order valence-corrected chi connectivity index (χ1v) is 7.87. The summed E-state index contributed by atoms with van der Waals surface area (Å²) in [5.41, 5.74) is 3.10. The molecule has 2 N–H and O–H groups in total. The maximum atomic E-state index is 11.2. The molecule has 0 spiro atoms. The number of carbonyl (C=O) groups excluding carboxylic acids is 1. The lowest BCUT2D eigenvalue weighted by molar-refractivity contribution is -0.384. The molecule has 0 saturated carbocycles. The van der Waals surface area contributed by atoms with Gasteiger partial charge >= 0.3 is 5.69 Å². The van der Waals surface area contributed by atoms with Crippen LogP contribution in [0.5, 0.6) is 0 Å². The van der Waals surface area contributed by atoms with Gasteiger partial charge in [-0.15, -0.1) is 0 Å². The average Bonchev–Trinajstić information content (AvgIpc) is 2.62. The summed E-state index contributed by atoms with van der Waals surface area (Å²) in [6.07, 6.45) is 1.50. The first-order valence-electron chi connectivity index (χ1n) is 7.87. The second kappa shape index (κ2) is 7.43. The van der Waals surface area contributed by atoms with E-state index < -0.39 is 4.92 Å². The van der Waals surface area contributed by atoms with Crippen molar-refractivity contribution < 1.29 is 9.72 Å². The van der Waals surface area contributed by atoms with E-state index in [0.717, 1.165) is 11.1 Å². The molecule has 0 atom stereocenters. The lowest BCUT2D eigenvalue weighted by atomic mass is 10.0. The van der Waals surface area contributed by atoms with Gasteiger partial charge < -0.3 is 10.6 Å². The Morgan fingerprint density at radius 3 is 2.31 bits per heavy atom. The van der Waals surface area contributed by atoms with E-state index in [9.17, 15) is 14.9 Å². The van der Waals surface area contributed by atoms with E-state index in [4.69, 9.17) is 0 Å². The molecule has 7 heteroatoms. The van der Waals surface area contributed by atoms with Crippen LogP contribution in [0.4, 0.5) is 22.9 Å². The van der Waals surface area contributed by atoms with Crippen molar-refractivity contribution in [2.75, 3.05) is 10.6 Å². The number of benzene rings is 2. The van der Waals surface area contributed by atoms with Gasteiger partial charge in [-0.3, -0.25) is 14.9 Å². The molecular weight excluding hydrogens is 332 g/mol. The zero-order chi connectivity index (χ0) is 18.5. The number of anilines is 3. The average molecular weight is 348 g/mol. The molecule has 3 aromatic rings. The molecule has 2 aromatic carbocycles. The molecule has 0 aliphatic carbocycles. The quantitative estimate of drug-likeness (QED) is 0.527. The summed E-state index contributed by atoms with van der Waals surface area (Å²) in [6.45, 7) is 1.46. The summed E-state index contributed by atoms with van der Waals surface area (Å²) in [4.78, 5) is 25.9. The van der Waals surface area contributed by atoms with Gasteiger partial charge in [0, 0.05) is 30.6 Å². The van der Waals surface area contributed by atoms with E-state index in [1.165, 1.54) is 25.3 Å². The second-order valence-corrected chi connectivity index (χ2v) is 5.60. The van der Waals surface area contributed by atoms with Crippen LogP contribution >= 0.6 is 0 Å².